The van der Waals surface area contributed by atoms with Crippen molar-refractivity contribution >= 4 is 28.3 Å². The Morgan fingerprint density at radius 2 is 1.89 bits per heavy atom. The van der Waals surface area contributed by atoms with Crippen LogP contribution in [0, 0.1) is 23.5 Å². The van der Waals surface area contributed by atoms with Crippen LogP contribution >= 0.6 is 10.6 Å². The summed E-state index contributed by atoms with van der Waals surface area (Å²) >= 11 is 0. The van der Waals surface area contributed by atoms with E-state index in [1.54, 1.807) is 6.92 Å². The van der Waals surface area contributed by atoms with Crippen molar-refractivity contribution in [1.29, 1.82) is 0 Å². The van der Waals surface area contributed by atoms with Gasteiger partial charge in [0.2, 0.25) is 0 Å². The quantitative estimate of drug-likeness (QED) is 0.719. The number of nitrogens with one attached hydrogen (secondary N) is 1. The molecule has 2 saturated heterocycles. The van der Waals surface area contributed by atoms with Crippen LogP contribution in [0.25, 0.3) is 0 Å². The molecule has 4 atom stereocenters. The molecule has 7 nitrogen and oxygen atoms in total. The number of rotatable bonds is 4. The number of amides is 2. The van der Waals surface area contributed by atoms with Gasteiger partial charge in [0, 0.05) is 23.6 Å². The van der Waals surface area contributed by atoms with Gasteiger partial charge in [-0.1, -0.05) is 0 Å². The Morgan fingerprint density at radius 3 is 2.44 bits per heavy atom. The van der Waals surface area contributed by atoms with Gasteiger partial charge in [-0.05, 0) is 36.8 Å². The zero-order valence-electron chi connectivity index (χ0n) is 14.5. The number of fused-ring (bicyclic) bond motifs is 1. The number of carbonyl (C=O) groups is 2. The lowest BCUT2D eigenvalue weighted by atomic mass is 10.1. The van der Waals surface area contributed by atoms with E-state index in [1.807, 2.05) is 0 Å². The van der Waals surface area contributed by atoms with Gasteiger partial charge in [-0.3, -0.25) is 18.8 Å². The average molecular weight is 402 g/mol. The predicted molar refractivity (Wildman–Crippen MR) is 95.0 cm³/mol. The molecular weight excluding hydrogens is 382 g/mol. The van der Waals surface area contributed by atoms with Gasteiger partial charge in [0.15, 0.2) is 6.10 Å². The van der Waals surface area contributed by atoms with E-state index in [4.69, 9.17) is 4.74 Å². The van der Waals surface area contributed by atoms with Crippen molar-refractivity contribution in [3.05, 3.63) is 29.3 Å². The second-order valence-corrected chi connectivity index (χ2v) is 9.46. The maximum absolute atomic E-state index is 14.6. The molecule has 1 unspecified atom stereocenters. The third-order valence-electron chi connectivity index (χ3n) is 5.41. The van der Waals surface area contributed by atoms with Crippen molar-refractivity contribution < 1.29 is 32.2 Å². The number of halogens is 2. The molecule has 10 heteroatoms. The molecule has 2 heterocycles. The van der Waals surface area contributed by atoms with Crippen LogP contribution < -0.4 is 10.2 Å². The van der Waals surface area contributed by atoms with Crippen LogP contribution in [0.1, 0.15) is 18.4 Å². The minimum atomic E-state index is -2.61. The van der Waals surface area contributed by atoms with Crippen molar-refractivity contribution in [1.82, 2.24) is 5.32 Å². The van der Waals surface area contributed by atoms with Crippen molar-refractivity contribution in [2.24, 2.45) is 11.8 Å². The van der Waals surface area contributed by atoms with Crippen LogP contribution in [0.4, 0.5) is 19.3 Å². The zero-order chi connectivity index (χ0) is 19.5. The molecule has 27 heavy (non-hydrogen) atoms. The molecule has 0 radical (unpaired) electrons. The lowest BCUT2D eigenvalue weighted by Crippen LogP contribution is -2.37. The first-order valence-electron chi connectivity index (χ1n) is 8.70. The van der Waals surface area contributed by atoms with E-state index in [1.165, 1.54) is 0 Å². The molecule has 0 spiro atoms. The molecule has 0 bridgehead atoms. The molecule has 0 aromatic heterocycles. The van der Waals surface area contributed by atoms with Gasteiger partial charge in [0.05, 0.1) is 12.2 Å². The number of nitrogens with zero attached hydrogens (tertiary/aromatic N) is 1. The van der Waals surface area contributed by atoms with E-state index in [0.717, 1.165) is 17.0 Å². The lowest BCUT2D eigenvalue weighted by Gasteiger charge is -2.29. The maximum atomic E-state index is 14.6. The van der Waals surface area contributed by atoms with Crippen molar-refractivity contribution in [3.8, 4) is 0 Å². The Balaban J connectivity index is 1.53. The summed E-state index contributed by atoms with van der Waals surface area (Å²) in [6, 6.07) is 2.12. The van der Waals surface area contributed by atoms with E-state index in [0.29, 0.717) is 6.54 Å². The number of hydrogen-bond acceptors (Lipinski definition) is 5. The first kappa shape index (κ1) is 18.5. The number of likely N-dealkylation sites (N-methyl/N-ethyl adjacent to an activating group) is 1. The largest absolute Gasteiger partial charge is 0.434 e. The Kier molecular flexibility index (Phi) is 4.32. The predicted octanol–water partition coefficient (Wildman–Crippen LogP) is 2.52. The summed E-state index contributed by atoms with van der Waals surface area (Å²) < 4.78 is 53.6. The van der Waals surface area contributed by atoms with E-state index in [2.05, 4.69) is 5.32 Å². The third-order valence-corrected chi connectivity index (χ3v) is 7.25. The minimum absolute atomic E-state index is 0.0133. The Morgan fingerprint density at radius 1 is 1.30 bits per heavy atom. The van der Waals surface area contributed by atoms with Crippen LogP contribution in [0.5, 0.6) is 0 Å². The summed E-state index contributed by atoms with van der Waals surface area (Å²) in [5.41, 5.74) is -0.0860. The first-order valence-corrected chi connectivity index (χ1v) is 10.6. The Labute approximate surface area is 156 Å². The Hall–Kier alpha value is -1.91. The molecule has 1 saturated carbocycles. The molecule has 3 N–H and O–H groups in total. The van der Waals surface area contributed by atoms with Crippen LogP contribution in [0.15, 0.2) is 12.1 Å². The SMILES string of the molecule is CCNC(=O)[C@H]1CN(c2cc(F)c(C3[C@H]4CS(O)(O)C[C@@H]34)c(F)c2)C(=O)O1. The number of ether oxygens (including phenoxy) is 1. The number of anilines is 1. The monoisotopic (exact) mass is 402 g/mol. The normalized spacial score (nSPS) is 32.0. The van der Waals surface area contributed by atoms with Crippen molar-refractivity contribution in [2.75, 3.05) is 29.5 Å². The van der Waals surface area contributed by atoms with Gasteiger partial charge >= 0.3 is 6.09 Å². The summed E-state index contributed by atoms with van der Waals surface area (Å²) in [5, 5.41) is 2.53. The second-order valence-electron chi connectivity index (χ2n) is 7.19. The number of hydrogen-bond donors (Lipinski definition) is 3. The van der Waals surface area contributed by atoms with Gasteiger partial charge < -0.3 is 10.1 Å². The van der Waals surface area contributed by atoms with Gasteiger partial charge in [0.25, 0.3) is 5.91 Å². The van der Waals surface area contributed by atoms with E-state index in [9.17, 15) is 27.5 Å². The van der Waals surface area contributed by atoms with Crippen molar-refractivity contribution in [3.63, 3.8) is 0 Å². The molecule has 1 aliphatic carbocycles. The lowest BCUT2D eigenvalue weighted by molar-refractivity contribution is -0.127. The van der Waals surface area contributed by atoms with Crippen LogP contribution in [-0.2, 0) is 9.53 Å². The molecule has 3 aliphatic rings. The summed E-state index contributed by atoms with van der Waals surface area (Å²) in [4.78, 5) is 24.8. The highest BCUT2D eigenvalue weighted by atomic mass is 32.3. The van der Waals surface area contributed by atoms with Crippen LogP contribution in [-0.4, -0.2) is 51.8 Å². The maximum Gasteiger partial charge on any atom is 0.415 e. The first-order chi connectivity index (χ1) is 12.7. The van der Waals surface area contributed by atoms with E-state index in [-0.39, 0.29) is 47.1 Å². The fraction of sp³-hybridized carbons (Fsp3) is 0.529. The fourth-order valence-corrected chi connectivity index (χ4v) is 6.43. The highest BCUT2D eigenvalue weighted by Gasteiger charge is 2.60. The molecule has 3 fully saturated rings. The topological polar surface area (TPSA) is 99.1 Å². The highest BCUT2D eigenvalue weighted by Crippen LogP contribution is 2.69. The Bertz CT molecular complexity index is 784. The van der Waals surface area contributed by atoms with Gasteiger partial charge in [-0.2, -0.15) is 10.6 Å². The van der Waals surface area contributed by atoms with E-state index >= 15 is 0 Å². The van der Waals surface area contributed by atoms with E-state index < -0.39 is 40.3 Å². The number of carbonyl (C=O) groups excluding carboxylic acids is 2. The van der Waals surface area contributed by atoms with Gasteiger partial charge in [-0.15, -0.1) is 0 Å². The van der Waals surface area contributed by atoms with Crippen molar-refractivity contribution in [2.45, 2.75) is 18.9 Å². The molecule has 148 valence electrons. The molecule has 1 aromatic carbocycles. The van der Waals surface area contributed by atoms with Gasteiger partial charge in [0.1, 0.15) is 11.6 Å². The summed E-state index contributed by atoms with van der Waals surface area (Å²) in [5.74, 6) is -2.29. The third kappa shape index (κ3) is 3.15. The summed E-state index contributed by atoms with van der Waals surface area (Å²) in [6.07, 6.45) is -1.87. The zero-order valence-corrected chi connectivity index (χ0v) is 15.3. The highest BCUT2D eigenvalue weighted by molar-refractivity contribution is 8.24. The molecule has 2 amide bonds. The molecule has 2 aliphatic heterocycles. The van der Waals surface area contributed by atoms with Gasteiger partial charge in [-0.25, -0.2) is 13.6 Å². The van der Waals surface area contributed by atoms with Crippen LogP contribution in [0.3, 0.4) is 0 Å². The summed E-state index contributed by atoms with van der Waals surface area (Å²) in [7, 11) is -2.61. The smallest absolute Gasteiger partial charge is 0.415 e. The average Bonchev–Trinajstić information content (AvgIpc) is 2.92. The molecule has 1 aromatic rings. The molecular formula is C17H20F2N2O5S. The number of cyclic esters (lactones) is 1. The standard InChI is InChI=1S/C17H20F2N2O5S/c1-2-20-16(22)13-5-21(17(23)26-13)8-3-11(18)15(12(19)4-8)14-9-6-27(24,25)7-10(9)14/h3-4,9-10,13-14,24-25H,2,5-7H2,1H3,(H,20,22)/t9-,10+,13-,14?/m1/s1. The second kappa shape index (κ2) is 6.32. The fourth-order valence-electron chi connectivity index (χ4n) is 4.16. The van der Waals surface area contributed by atoms with Crippen LogP contribution in [0.2, 0.25) is 0 Å². The number of benzene rings is 1. The molecule has 4 rings (SSSR count). The minimum Gasteiger partial charge on any atom is -0.434 e. The summed E-state index contributed by atoms with van der Waals surface area (Å²) in [6.45, 7) is 1.97.